The Morgan fingerprint density at radius 1 is 1.35 bits per heavy atom. The van der Waals surface area contributed by atoms with Gasteiger partial charge in [0.2, 0.25) is 0 Å². The minimum atomic E-state index is -1.07. The van der Waals surface area contributed by atoms with Crippen molar-refractivity contribution in [3.63, 3.8) is 0 Å². The Labute approximate surface area is 98.4 Å². The van der Waals surface area contributed by atoms with Gasteiger partial charge in [0.25, 0.3) is 0 Å². The lowest BCUT2D eigenvalue weighted by atomic mass is 10.1. The third kappa shape index (κ3) is 2.18. The molecule has 2 rings (SSSR count). The van der Waals surface area contributed by atoms with Gasteiger partial charge in [-0.25, -0.2) is 4.79 Å². The first kappa shape index (κ1) is 11.3. The number of carbonyl (C=O) groups excluding carboxylic acids is 1. The summed E-state index contributed by atoms with van der Waals surface area (Å²) in [6.07, 6.45) is 0.152. The highest BCUT2D eigenvalue weighted by Crippen LogP contribution is 2.24. The van der Waals surface area contributed by atoms with Crippen molar-refractivity contribution in [1.82, 2.24) is 0 Å². The molecule has 88 valence electrons. The molecule has 0 spiro atoms. The molecular weight excluding hydrogens is 220 g/mol. The van der Waals surface area contributed by atoms with Gasteiger partial charge in [0.05, 0.1) is 5.69 Å². The van der Waals surface area contributed by atoms with Crippen molar-refractivity contribution in [1.29, 1.82) is 0 Å². The van der Waals surface area contributed by atoms with Gasteiger partial charge in [-0.1, -0.05) is 18.2 Å². The molecule has 1 atom stereocenters. The summed E-state index contributed by atoms with van der Waals surface area (Å²) >= 11 is 0. The van der Waals surface area contributed by atoms with E-state index in [9.17, 15) is 9.59 Å². The number of carbonyl (C=O) groups is 2. The first-order valence-corrected chi connectivity index (χ1v) is 5.25. The molecule has 0 saturated heterocycles. The number of Topliss-reactive ketones (excluding diaryl/α,β-unsaturated/α-hetero) is 1. The molecule has 0 radical (unpaired) electrons. The molecule has 1 aliphatic heterocycles. The van der Waals surface area contributed by atoms with Crippen LogP contribution in [0, 0.1) is 0 Å². The second-order valence-corrected chi connectivity index (χ2v) is 3.86. The lowest BCUT2D eigenvalue weighted by Crippen LogP contribution is -2.32. The van der Waals surface area contributed by atoms with Gasteiger partial charge < -0.3 is 5.11 Å². The second kappa shape index (κ2) is 4.37. The zero-order chi connectivity index (χ0) is 12.4. The molecule has 1 N–H and O–H groups in total. The number of hydrogen-bond donors (Lipinski definition) is 1. The van der Waals surface area contributed by atoms with Gasteiger partial charge in [0.15, 0.2) is 5.78 Å². The summed E-state index contributed by atoms with van der Waals surface area (Å²) in [6, 6.07) is 8.57. The predicted octanol–water partition coefficient (Wildman–Crippen LogP) is 1.29. The Morgan fingerprint density at radius 3 is 2.53 bits per heavy atom. The number of para-hydroxylation sites is 1. The number of benzene rings is 1. The largest absolute Gasteiger partial charge is 0.477 e. The summed E-state index contributed by atoms with van der Waals surface area (Å²) in [5, 5.41) is 14.4. The van der Waals surface area contributed by atoms with Gasteiger partial charge in [0, 0.05) is 6.42 Å². The van der Waals surface area contributed by atoms with Crippen molar-refractivity contribution in [3.8, 4) is 0 Å². The fourth-order valence-corrected chi connectivity index (χ4v) is 1.77. The van der Waals surface area contributed by atoms with Crippen molar-refractivity contribution in [2.75, 3.05) is 5.01 Å². The molecule has 0 aliphatic carbocycles. The van der Waals surface area contributed by atoms with E-state index >= 15 is 0 Å². The monoisotopic (exact) mass is 232 g/mol. The third-order valence-corrected chi connectivity index (χ3v) is 2.65. The molecule has 0 bridgehead atoms. The molecule has 1 aromatic carbocycles. The number of hydrogen-bond acceptors (Lipinski definition) is 4. The van der Waals surface area contributed by atoms with Gasteiger partial charge in [-0.05, 0) is 19.1 Å². The summed E-state index contributed by atoms with van der Waals surface area (Å²) in [6.45, 7) is 1.45. The smallest absolute Gasteiger partial charge is 0.352 e. The van der Waals surface area contributed by atoms with E-state index in [2.05, 4.69) is 5.10 Å². The number of rotatable bonds is 3. The van der Waals surface area contributed by atoms with Gasteiger partial charge in [-0.2, -0.15) is 5.10 Å². The zero-order valence-corrected chi connectivity index (χ0v) is 9.33. The maximum absolute atomic E-state index is 11.5. The minimum absolute atomic E-state index is 0.0223. The number of carboxylic acids is 1. The Kier molecular flexibility index (Phi) is 2.91. The van der Waals surface area contributed by atoms with Gasteiger partial charge in [-0.15, -0.1) is 0 Å². The number of nitrogens with zero attached hydrogens (tertiary/aromatic N) is 2. The van der Waals surface area contributed by atoms with Crippen molar-refractivity contribution < 1.29 is 14.7 Å². The van der Waals surface area contributed by atoms with Crippen LogP contribution in [-0.2, 0) is 9.59 Å². The molecule has 1 aromatic rings. The van der Waals surface area contributed by atoms with Crippen molar-refractivity contribution in [2.24, 2.45) is 5.10 Å². The Bertz CT molecular complexity index is 482. The molecule has 5 heteroatoms. The quantitative estimate of drug-likeness (QED) is 0.852. The molecule has 0 aromatic heterocycles. The number of ketones is 1. The van der Waals surface area contributed by atoms with Crippen LogP contribution in [0.3, 0.4) is 0 Å². The fourth-order valence-electron chi connectivity index (χ4n) is 1.77. The fraction of sp³-hybridized carbons (Fsp3) is 0.250. The molecule has 1 aliphatic rings. The van der Waals surface area contributed by atoms with E-state index in [4.69, 9.17) is 5.11 Å². The van der Waals surface area contributed by atoms with Crippen LogP contribution in [0.4, 0.5) is 5.69 Å². The van der Waals surface area contributed by atoms with Crippen LogP contribution in [0.2, 0.25) is 0 Å². The molecule has 17 heavy (non-hydrogen) atoms. The van der Waals surface area contributed by atoms with Crippen LogP contribution in [0.15, 0.2) is 35.4 Å². The standard InChI is InChI=1S/C12H12N2O3/c1-8(15)11-7-10(12(16)17)13-14(11)9-5-3-2-4-6-9/h2-6,11H,7H2,1H3,(H,16,17). The molecule has 0 saturated carbocycles. The average molecular weight is 232 g/mol. The van der Waals surface area contributed by atoms with Crippen LogP contribution in [0.5, 0.6) is 0 Å². The average Bonchev–Trinajstić information content (AvgIpc) is 2.75. The second-order valence-electron chi connectivity index (χ2n) is 3.86. The molecule has 1 heterocycles. The van der Waals surface area contributed by atoms with Crippen LogP contribution in [0.25, 0.3) is 0 Å². The molecular formula is C12H12N2O3. The summed E-state index contributed by atoms with van der Waals surface area (Å²) in [5.41, 5.74) is 0.748. The summed E-state index contributed by atoms with van der Waals surface area (Å²) < 4.78 is 0. The van der Waals surface area contributed by atoms with Gasteiger partial charge in [0.1, 0.15) is 11.8 Å². The van der Waals surface area contributed by atoms with Crippen molar-refractivity contribution in [3.05, 3.63) is 30.3 Å². The summed E-state index contributed by atoms with van der Waals surface area (Å²) in [5.74, 6) is -1.16. The van der Waals surface area contributed by atoms with E-state index in [0.29, 0.717) is 0 Å². The predicted molar refractivity (Wildman–Crippen MR) is 63.1 cm³/mol. The van der Waals surface area contributed by atoms with E-state index in [1.54, 1.807) is 12.1 Å². The highest BCUT2D eigenvalue weighted by molar-refractivity contribution is 6.37. The molecule has 5 nitrogen and oxygen atoms in total. The first-order chi connectivity index (χ1) is 8.09. The van der Waals surface area contributed by atoms with E-state index in [-0.39, 0.29) is 17.9 Å². The normalized spacial score (nSPS) is 19.0. The van der Waals surface area contributed by atoms with Gasteiger partial charge >= 0.3 is 5.97 Å². The van der Waals surface area contributed by atoms with Crippen LogP contribution < -0.4 is 5.01 Å². The molecule has 0 amide bonds. The van der Waals surface area contributed by atoms with Gasteiger partial charge in [-0.3, -0.25) is 9.80 Å². The van der Waals surface area contributed by atoms with E-state index in [1.807, 2.05) is 18.2 Å². The highest BCUT2D eigenvalue weighted by Gasteiger charge is 2.33. The van der Waals surface area contributed by atoms with Crippen LogP contribution >= 0.6 is 0 Å². The Balaban J connectivity index is 2.35. The Hall–Kier alpha value is -2.17. The maximum atomic E-state index is 11.5. The SMILES string of the molecule is CC(=O)C1CC(C(=O)O)=NN1c1ccccc1. The topological polar surface area (TPSA) is 70.0 Å². The van der Waals surface area contributed by atoms with E-state index in [0.717, 1.165) is 5.69 Å². The van der Waals surface area contributed by atoms with E-state index < -0.39 is 12.0 Å². The number of aliphatic carboxylic acids is 1. The molecule has 1 unspecified atom stereocenters. The lowest BCUT2D eigenvalue weighted by Gasteiger charge is -2.20. The van der Waals surface area contributed by atoms with E-state index in [1.165, 1.54) is 11.9 Å². The van der Waals surface area contributed by atoms with Crippen LogP contribution in [0.1, 0.15) is 13.3 Å². The molecule has 0 fully saturated rings. The van der Waals surface area contributed by atoms with Crippen LogP contribution in [-0.4, -0.2) is 28.6 Å². The maximum Gasteiger partial charge on any atom is 0.352 e. The number of carboxylic acid groups (broad SMARTS) is 1. The van der Waals surface area contributed by atoms with Crippen molar-refractivity contribution in [2.45, 2.75) is 19.4 Å². The lowest BCUT2D eigenvalue weighted by molar-refractivity contribution is -0.129. The highest BCUT2D eigenvalue weighted by atomic mass is 16.4. The zero-order valence-electron chi connectivity index (χ0n) is 9.33. The number of anilines is 1. The summed E-state index contributed by atoms with van der Waals surface area (Å²) in [4.78, 5) is 22.4. The van der Waals surface area contributed by atoms with Crippen molar-refractivity contribution >= 4 is 23.2 Å². The third-order valence-electron chi connectivity index (χ3n) is 2.65. The Morgan fingerprint density at radius 2 is 2.00 bits per heavy atom. The number of hydrazone groups is 1. The summed E-state index contributed by atoms with van der Waals surface area (Å²) in [7, 11) is 0. The first-order valence-electron chi connectivity index (χ1n) is 5.25. The minimum Gasteiger partial charge on any atom is -0.477 e.